The molecular weight excluding hydrogens is 288 g/mol. The highest BCUT2D eigenvalue weighted by molar-refractivity contribution is 5.86. The van der Waals surface area contributed by atoms with E-state index in [1.807, 2.05) is 31.2 Å². The van der Waals surface area contributed by atoms with Crippen LogP contribution in [0.3, 0.4) is 0 Å². The molecule has 3 aromatic rings. The molecule has 116 valence electrons. The number of benzene rings is 2. The second-order valence-electron chi connectivity index (χ2n) is 5.52. The molecule has 4 nitrogen and oxygen atoms in total. The lowest BCUT2D eigenvalue weighted by atomic mass is 10.00. The summed E-state index contributed by atoms with van der Waals surface area (Å²) in [6.45, 7) is 1.97. The molecular formula is C19H18N2O2. The lowest BCUT2D eigenvalue weighted by Crippen LogP contribution is -2.33. The van der Waals surface area contributed by atoms with Crippen LogP contribution in [0.4, 0.5) is 0 Å². The average Bonchev–Trinajstić information content (AvgIpc) is 2.56. The summed E-state index contributed by atoms with van der Waals surface area (Å²) < 4.78 is 1.39. The summed E-state index contributed by atoms with van der Waals surface area (Å²) in [6.07, 6.45) is 1.62. The zero-order valence-electron chi connectivity index (χ0n) is 12.9. The molecule has 0 bridgehead atoms. The monoisotopic (exact) mass is 306 g/mol. The first-order valence-corrected chi connectivity index (χ1v) is 7.57. The molecule has 0 aliphatic rings. The van der Waals surface area contributed by atoms with E-state index >= 15 is 0 Å². The molecule has 1 atom stereocenters. The Morgan fingerprint density at radius 2 is 1.78 bits per heavy atom. The van der Waals surface area contributed by atoms with Gasteiger partial charge >= 0.3 is 0 Å². The number of carbonyl (C=O) groups excluding carboxylic acids is 1. The maximum atomic E-state index is 12.2. The third-order valence-corrected chi connectivity index (χ3v) is 3.88. The third-order valence-electron chi connectivity index (χ3n) is 3.88. The number of aromatic nitrogens is 1. The van der Waals surface area contributed by atoms with Crippen molar-refractivity contribution in [3.63, 3.8) is 0 Å². The fourth-order valence-electron chi connectivity index (χ4n) is 2.74. The van der Waals surface area contributed by atoms with Crippen LogP contribution in [0, 0.1) is 0 Å². The van der Waals surface area contributed by atoms with Crippen molar-refractivity contribution in [1.82, 2.24) is 9.88 Å². The number of nitrogens with one attached hydrogen (secondary N) is 1. The van der Waals surface area contributed by atoms with Crippen LogP contribution in [0.1, 0.15) is 18.5 Å². The maximum Gasteiger partial charge on any atom is 0.250 e. The molecule has 0 aliphatic heterocycles. The molecule has 0 radical (unpaired) electrons. The van der Waals surface area contributed by atoms with Gasteiger partial charge in [-0.25, -0.2) is 0 Å². The van der Waals surface area contributed by atoms with Gasteiger partial charge in [-0.05, 0) is 29.3 Å². The fourth-order valence-corrected chi connectivity index (χ4v) is 2.74. The van der Waals surface area contributed by atoms with E-state index in [0.29, 0.717) is 0 Å². The van der Waals surface area contributed by atoms with Crippen molar-refractivity contribution in [1.29, 1.82) is 0 Å². The molecule has 1 amide bonds. The van der Waals surface area contributed by atoms with E-state index in [9.17, 15) is 9.59 Å². The van der Waals surface area contributed by atoms with Crippen molar-refractivity contribution in [3.05, 3.63) is 82.8 Å². The van der Waals surface area contributed by atoms with E-state index in [2.05, 4.69) is 23.5 Å². The smallest absolute Gasteiger partial charge is 0.250 e. The summed E-state index contributed by atoms with van der Waals surface area (Å²) in [6, 6.07) is 18.9. The zero-order valence-corrected chi connectivity index (χ0v) is 12.9. The van der Waals surface area contributed by atoms with E-state index in [1.54, 1.807) is 18.3 Å². The zero-order chi connectivity index (χ0) is 16.2. The van der Waals surface area contributed by atoms with Crippen LogP contribution in [0.15, 0.2) is 71.7 Å². The van der Waals surface area contributed by atoms with Gasteiger partial charge in [0.05, 0.1) is 6.04 Å². The minimum absolute atomic E-state index is 0.0226. The minimum Gasteiger partial charge on any atom is -0.348 e. The molecule has 2 aromatic carbocycles. The topological polar surface area (TPSA) is 51.1 Å². The normalized spacial score (nSPS) is 12.0. The lowest BCUT2D eigenvalue weighted by Gasteiger charge is -2.17. The number of rotatable bonds is 4. The number of hydrogen-bond donors (Lipinski definition) is 1. The summed E-state index contributed by atoms with van der Waals surface area (Å²) in [7, 11) is 0. The van der Waals surface area contributed by atoms with Crippen LogP contribution < -0.4 is 10.9 Å². The van der Waals surface area contributed by atoms with Gasteiger partial charge in [0.1, 0.15) is 6.54 Å². The molecule has 0 aliphatic carbocycles. The average molecular weight is 306 g/mol. The maximum absolute atomic E-state index is 12.2. The first-order valence-electron chi connectivity index (χ1n) is 7.57. The molecule has 4 heteroatoms. The Hall–Kier alpha value is -2.88. The minimum atomic E-state index is -0.182. The van der Waals surface area contributed by atoms with Gasteiger partial charge in [0.15, 0.2) is 0 Å². The molecule has 0 unspecified atom stereocenters. The quantitative estimate of drug-likeness (QED) is 0.806. The van der Waals surface area contributed by atoms with Gasteiger partial charge in [-0.3, -0.25) is 9.59 Å². The lowest BCUT2D eigenvalue weighted by molar-refractivity contribution is -0.122. The number of fused-ring (bicyclic) bond motifs is 1. The van der Waals surface area contributed by atoms with E-state index in [4.69, 9.17) is 0 Å². The van der Waals surface area contributed by atoms with E-state index in [-0.39, 0.29) is 24.1 Å². The Labute approximate surface area is 134 Å². The Bertz CT molecular complexity index is 894. The Kier molecular flexibility index (Phi) is 4.24. The van der Waals surface area contributed by atoms with Gasteiger partial charge in [0, 0.05) is 12.3 Å². The summed E-state index contributed by atoms with van der Waals surface area (Å²) in [4.78, 5) is 23.9. The third kappa shape index (κ3) is 3.31. The van der Waals surface area contributed by atoms with Gasteiger partial charge in [-0.1, -0.05) is 48.5 Å². The van der Waals surface area contributed by atoms with Gasteiger partial charge in [-0.2, -0.15) is 0 Å². The first kappa shape index (κ1) is 15.0. The van der Waals surface area contributed by atoms with Gasteiger partial charge in [0.25, 0.3) is 5.56 Å². The summed E-state index contributed by atoms with van der Waals surface area (Å²) in [5.74, 6) is -0.182. The van der Waals surface area contributed by atoms with Crippen molar-refractivity contribution < 1.29 is 4.79 Å². The summed E-state index contributed by atoms with van der Waals surface area (Å²) in [5.41, 5.74) is 0.886. The Morgan fingerprint density at radius 3 is 2.61 bits per heavy atom. The van der Waals surface area contributed by atoms with Crippen molar-refractivity contribution >= 4 is 16.7 Å². The molecule has 0 saturated carbocycles. The molecule has 0 fully saturated rings. The predicted molar refractivity (Wildman–Crippen MR) is 91.2 cm³/mol. The Balaban J connectivity index is 1.78. The number of pyridine rings is 1. The van der Waals surface area contributed by atoms with E-state index in [0.717, 1.165) is 16.3 Å². The van der Waals surface area contributed by atoms with Crippen molar-refractivity contribution in [3.8, 4) is 0 Å². The number of nitrogens with zero attached hydrogens (tertiary/aromatic N) is 1. The van der Waals surface area contributed by atoms with E-state index in [1.165, 1.54) is 10.6 Å². The molecule has 1 aromatic heterocycles. The van der Waals surface area contributed by atoms with Crippen molar-refractivity contribution in [2.45, 2.75) is 19.5 Å². The van der Waals surface area contributed by atoms with Crippen LogP contribution in [-0.4, -0.2) is 10.5 Å². The standard InChI is InChI=1S/C19H18N2O2/c1-14(16-10-6-8-15-7-2-3-9-17(15)16)20-18(22)13-21-12-5-4-11-19(21)23/h2-12,14H,13H2,1H3,(H,20,22)/t14-/m1/s1. The molecule has 0 saturated heterocycles. The number of amides is 1. The highest BCUT2D eigenvalue weighted by Crippen LogP contribution is 2.23. The fraction of sp³-hybridized carbons (Fsp3) is 0.158. The molecule has 3 rings (SSSR count). The molecule has 1 N–H and O–H groups in total. The summed E-state index contributed by atoms with van der Waals surface area (Å²) >= 11 is 0. The van der Waals surface area contributed by atoms with Crippen LogP contribution in [-0.2, 0) is 11.3 Å². The highest BCUT2D eigenvalue weighted by atomic mass is 16.2. The second kappa shape index (κ2) is 6.48. The van der Waals surface area contributed by atoms with Crippen LogP contribution in [0.5, 0.6) is 0 Å². The first-order chi connectivity index (χ1) is 11.1. The largest absolute Gasteiger partial charge is 0.348 e. The van der Waals surface area contributed by atoms with E-state index < -0.39 is 0 Å². The molecule has 1 heterocycles. The van der Waals surface area contributed by atoms with Crippen molar-refractivity contribution in [2.75, 3.05) is 0 Å². The summed E-state index contributed by atoms with van der Waals surface area (Å²) in [5, 5.41) is 5.23. The SMILES string of the molecule is C[C@@H](NC(=O)Cn1ccccc1=O)c1cccc2ccccc12. The van der Waals surface area contributed by atoms with Gasteiger partial charge in [-0.15, -0.1) is 0 Å². The molecule has 23 heavy (non-hydrogen) atoms. The number of carbonyl (C=O) groups is 1. The predicted octanol–water partition coefficient (Wildman–Crippen LogP) is 2.88. The second-order valence-corrected chi connectivity index (χ2v) is 5.52. The van der Waals surface area contributed by atoms with Crippen LogP contribution >= 0.6 is 0 Å². The van der Waals surface area contributed by atoms with Gasteiger partial charge < -0.3 is 9.88 Å². The number of hydrogen-bond acceptors (Lipinski definition) is 2. The molecule has 0 spiro atoms. The van der Waals surface area contributed by atoms with Crippen molar-refractivity contribution in [2.24, 2.45) is 0 Å². The van der Waals surface area contributed by atoms with Crippen LogP contribution in [0.2, 0.25) is 0 Å². The van der Waals surface area contributed by atoms with Crippen LogP contribution in [0.25, 0.3) is 10.8 Å². The Morgan fingerprint density at radius 1 is 1.04 bits per heavy atom. The highest BCUT2D eigenvalue weighted by Gasteiger charge is 2.12. The van der Waals surface area contributed by atoms with Gasteiger partial charge in [0.2, 0.25) is 5.91 Å².